The second-order valence-corrected chi connectivity index (χ2v) is 5.86. The molecule has 1 aromatic carbocycles. The summed E-state index contributed by atoms with van der Waals surface area (Å²) in [5.74, 6) is 0.751. The van der Waals surface area contributed by atoms with Crippen molar-refractivity contribution < 1.29 is 9.53 Å². The molecule has 1 atom stereocenters. The summed E-state index contributed by atoms with van der Waals surface area (Å²) in [6.07, 6.45) is 5.94. The number of benzene rings is 1. The Kier molecular flexibility index (Phi) is 5.87. The minimum Gasteiger partial charge on any atom is -0.497 e. The summed E-state index contributed by atoms with van der Waals surface area (Å²) in [6.45, 7) is 4.27. The number of fused-ring (bicyclic) bond motifs is 1. The van der Waals surface area contributed by atoms with Gasteiger partial charge in [0, 0.05) is 16.9 Å². The van der Waals surface area contributed by atoms with E-state index in [0.717, 1.165) is 23.1 Å². The summed E-state index contributed by atoms with van der Waals surface area (Å²) in [5.41, 5.74) is 1.55. The first-order chi connectivity index (χ1) is 10.6. The van der Waals surface area contributed by atoms with Crippen molar-refractivity contribution in [2.45, 2.75) is 52.0 Å². The second kappa shape index (κ2) is 7.87. The molecule has 0 radical (unpaired) electrons. The fourth-order valence-corrected chi connectivity index (χ4v) is 2.61. The van der Waals surface area contributed by atoms with Gasteiger partial charge in [0.05, 0.1) is 7.11 Å². The third kappa shape index (κ3) is 4.26. The minimum absolute atomic E-state index is 0.0434. The first-order valence-electron chi connectivity index (χ1n) is 8.11. The van der Waals surface area contributed by atoms with E-state index in [2.05, 4.69) is 24.1 Å². The van der Waals surface area contributed by atoms with Gasteiger partial charge >= 0.3 is 0 Å². The summed E-state index contributed by atoms with van der Waals surface area (Å²) in [6, 6.07) is 7.81. The fourth-order valence-electron chi connectivity index (χ4n) is 2.61. The molecule has 0 fully saturated rings. The molecule has 2 rings (SSSR count). The lowest BCUT2D eigenvalue weighted by molar-refractivity contribution is 0.0933. The van der Waals surface area contributed by atoms with Crippen LogP contribution in [0.4, 0.5) is 0 Å². The number of carbonyl (C=O) groups is 1. The van der Waals surface area contributed by atoms with E-state index in [-0.39, 0.29) is 11.9 Å². The predicted octanol–water partition coefficient (Wildman–Crippen LogP) is 4.27. The van der Waals surface area contributed by atoms with Gasteiger partial charge in [-0.2, -0.15) is 0 Å². The third-order valence-corrected chi connectivity index (χ3v) is 3.94. The molecule has 0 bridgehead atoms. The summed E-state index contributed by atoms with van der Waals surface area (Å²) in [5, 5.41) is 4.05. The van der Waals surface area contributed by atoms with Gasteiger partial charge in [-0.3, -0.25) is 4.79 Å². The third-order valence-electron chi connectivity index (χ3n) is 3.94. The van der Waals surface area contributed by atoms with E-state index in [9.17, 15) is 4.79 Å². The Hall–Kier alpha value is -1.97. The molecule has 1 unspecified atom stereocenters. The molecule has 1 heterocycles. The number of carbonyl (C=O) groups excluding carboxylic acids is 1. The predicted molar refractivity (Wildman–Crippen MR) is 90.5 cm³/mol. The number of H-pyrrole nitrogens is 1. The summed E-state index contributed by atoms with van der Waals surface area (Å²) in [4.78, 5) is 15.5. The highest BCUT2D eigenvalue weighted by Crippen LogP contribution is 2.21. The maximum Gasteiger partial charge on any atom is 0.267 e. The number of nitrogens with one attached hydrogen (secondary N) is 2. The lowest BCUT2D eigenvalue weighted by atomic mass is 10.1. The van der Waals surface area contributed by atoms with Crippen LogP contribution in [0, 0.1) is 0 Å². The highest BCUT2D eigenvalue weighted by Gasteiger charge is 2.12. The van der Waals surface area contributed by atoms with Crippen LogP contribution in [0.15, 0.2) is 24.3 Å². The van der Waals surface area contributed by atoms with Crippen molar-refractivity contribution in [3.8, 4) is 5.75 Å². The Morgan fingerprint density at radius 1 is 1.27 bits per heavy atom. The van der Waals surface area contributed by atoms with Crippen LogP contribution >= 0.6 is 0 Å². The van der Waals surface area contributed by atoms with Crippen molar-refractivity contribution in [3.05, 3.63) is 30.0 Å². The first kappa shape index (κ1) is 16.4. The van der Waals surface area contributed by atoms with Crippen molar-refractivity contribution in [2.24, 2.45) is 0 Å². The van der Waals surface area contributed by atoms with E-state index in [4.69, 9.17) is 4.74 Å². The second-order valence-electron chi connectivity index (χ2n) is 5.86. The molecule has 0 aliphatic heterocycles. The molecular weight excluding hydrogens is 276 g/mol. The summed E-state index contributed by atoms with van der Waals surface area (Å²) in [7, 11) is 1.64. The minimum atomic E-state index is -0.0434. The van der Waals surface area contributed by atoms with Gasteiger partial charge < -0.3 is 15.0 Å². The van der Waals surface area contributed by atoms with Crippen LogP contribution in [0.1, 0.15) is 56.4 Å². The summed E-state index contributed by atoms with van der Waals surface area (Å²) >= 11 is 0. The zero-order chi connectivity index (χ0) is 15.9. The van der Waals surface area contributed by atoms with Crippen molar-refractivity contribution in [1.29, 1.82) is 0 Å². The van der Waals surface area contributed by atoms with E-state index in [0.29, 0.717) is 5.69 Å². The quantitative estimate of drug-likeness (QED) is 0.716. The molecule has 0 spiro atoms. The molecule has 2 N–H and O–H groups in total. The molecule has 0 saturated carbocycles. The van der Waals surface area contributed by atoms with E-state index in [1.807, 2.05) is 24.3 Å². The van der Waals surface area contributed by atoms with Gasteiger partial charge in [-0.1, -0.05) is 32.6 Å². The number of hydrogen-bond donors (Lipinski definition) is 2. The van der Waals surface area contributed by atoms with E-state index in [1.165, 1.54) is 25.7 Å². The Balaban J connectivity index is 1.94. The monoisotopic (exact) mass is 302 g/mol. The van der Waals surface area contributed by atoms with Crippen LogP contribution in [0.2, 0.25) is 0 Å². The summed E-state index contributed by atoms with van der Waals surface area (Å²) < 4.78 is 5.21. The van der Waals surface area contributed by atoms with Gasteiger partial charge in [0.2, 0.25) is 0 Å². The number of aromatic amines is 1. The van der Waals surface area contributed by atoms with Crippen LogP contribution in [0.25, 0.3) is 10.9 Å². The lowest BCUT2D eigenvalue weighted by Gasteiger charge is -2.12. The molecule has 22 heavy (non-hydrogen) atoms. The SMILES string of the molecule is CCCCCCC(C)NC(=O)c1cc2cc(OC)ccc2[nH]1. The maximum absolute atomic E-state index is 12.3. The highest BCUT2D eigenvalue weighted by molar-refractivity contribution is 5.98. The van der Waals surface area contributed by atoms with Gasteiger partial charge in [0.15, 0.2) is 0 Å². The Labute approximate surface area is 132 Å². The van der Waals surface area contributed by atoms with E-state index in [1.54, 1.807) is 7.11 Å². The molecule has 1 amide bonds. The average Bonchev–Trinajstić information content (AvgIpc) is 2.94. The Morgan fingerprint density at radius 2 is 2.09 bits per heavy atom. The number of amides is 1. The zero-order valence-electron chi connectivity index (χ0n) is 13.7. The molecule has 4 nitrogen and oxygen atoms in total. The van der Waals surface area contributed by atoms with Crippen LogP contribution in [0.5, 0.6) is 5.75 Å². The standard InChI is InChI=1S/C18H26N2O2/c1-4-5-6-7-8-13(2)19-18(21)17-12-14-11-15(22-3)9-10-16(14)20-17/h9-13,20H,4-8H2,1-3H3,(H,19,21). The molecule has 0 aliphatic rings. The molecule has 2 aromatic rings. The van der Waals surface area contributed by atoms with Crippen LogP contribution in [-0.2, 0) is 0 Å². The first-order valence-corrected chi connectivity index (χ1v) is 8.11. The largest absolute Gasteiger partial charge is 0.497 e. The number of methoxy groups -OCH3 is 1. The van der Waals surface area contributed by atoms with Crippen molar-refractivity contribution in [3.63, 3.8) is 0 Å². The smallest absolute Gasteiger partial charge is 0.267 e. The van der Waals surface area contributed by atoms with Crippen molar-refractivity contribution >= 4 is 16.8 Å². The van der Waals surface area contributed by atoms with Crippen molar-refractivity contribution in [2.75, 3.05) is 7.11 Å². The molecule has 120 valence electrons. The highest BCUT2D eigenvalue weighted by atomic mass is 16.5. The fraction of sp³-hybridized carbons (Fsp3) is 0.500. The maximum atomic E-state index is 12.3. The van der Waals surface area contributed by atoms with Gasteiger partial charge in [0.1, 0.15) is 11.4 Å². The topological polar surface area (TPSA) is 54.1 Å². The Morgan fingerprint density at radius 3 is 2.82 bits per heavy atom. The van der Waals surface area contributed by atoms with Crippen LogP contribution in [-0.4, -0.2) is 24.0 Å². The number of rotatable bonds is 8. The lowest BCUT2D eigenvalue weighted by Crippen LogP contribution is -2.32. The average molecular weight is 302 g/mol. The molecule has 0 aliphatic carbocycles. The molecular formula is C18H26N2O2. The molecule has 1 aromatic heterocycles. The van der Waals surface area contributed by atoms with Crippen LogP contribution in [0.3, 0.4) is 0 Å². The zero-order valence-corrected chi connectivity index (χ0v) is 13.7. The van der Waals surface area contributed by atoms with Crippen molar-refractivity contribution in [1.82, 2.24) is 10.3 Å². The number of ether oxygens (including phenoxy) is 1. The number of aromatic nitrogens is 1. The Bertz CT molecular complexity index is 619. The van der Waals surface area contributed by atoms with Gasteiger partial charge in [-0.05, 0) is 37.6 Å². The van der Waals surface area contributed by atoms with E-state index < -0.39 is 0 Å². The number of hydrogen-bond acceptors (Lipinski definition) is 2. The van der Waals surface area contributed by atoms with Crippen LogP contribution < -0.4 is 10.1 Å². The van der Waals surface area contributed by atoms with E-state index >= 15 is 0 Å². The molecule has 4 heteroatoms. The normalized spacial score (nSPS) is 12.3. The van der Waals surface area contributed by atoms with Gasteiger partial charge in [-0.25, -0.2) is 0 Å². The number of unbranched alkanes of at least 4 members (excludes halogenated alkanes) is 3. The van der Waals surface area contributed by atoms with Gasteiger partial charge in [-0.15, -0.1) is 0 Å². The van der Waals surface area contributed by atoms with Gasteiger partial charge in [0.25, 0.3) is 5.91 Å². The molecule has 0 saturated heterocycles.